The molecule has 0 aliphatic carbocycles. The van der Waals surface area contributed by atoms with Crippen molar-refractivity contribution in [2.24, 2.45) is 0 Å². The molecule has 0 bridgehead atoms. The molecule has 8 heteroatoms. The Kier molecular flexibility index (Phi) is 15.8. The average Bonchev–Trinajstić information content (AvgIpc) is 0.775. The van der Waals surface area contributed by atoms with E-state index in [1.165, 1.54) is 27.1 Å². The van der Waals surface area contributed by atoms with Gasteiger partial charge in [0.1, 0.15) is 0 Å². The van der Waals surface area contributed by atoms with E-state index in [9.17, 15) is 0 Å². The third-order valence-corrected chi connectivity index (χ3v) is 19.2. The zero-order valence-corrected chi connectivity index (χ0v) is 55.2. The van der Waals surface area contributed by atoms with Crippen LogP contribution in [0.2, 0.25) is 0 Å². The quantitative estimate of drug-likeness (QED) is 0.118. The van der Waals surface area contributed by atoms with E-state index < -0.39 is 0 Å². The van der Waals surface area contributed by atoms with Gasteiger partial charge in [0.05, 0.1) is 11.0 Å². The summed E-state index contributed by atoms with van der Waals surface area (Å²) in [6.07, 6.45) is 3.92. The molecule has 15 aromatic carbocycles. The molecule has 0 spiro atoms. The predicted octanol–water partition coefficient (Wildman–Crippen LogP) is 23.8. The zero-order chi connectivity index (χ0) is 67.7. The van der Waals surface area contributed by atoms with Crippen LogP contribution in [-0.2, 0) is 0 Å². The van der Waals surface area contributed by atoms with Gasteiger partial charge in [0.15, 0.2) is 34.9 Å². The van der Waals surface area contributed by atoms with Gasteiger partial charge in [-0.15, -0.1) is 0 Å². The SMILES string of the molecule is c1ccc(-c2ccc(-c3nc(-c4ccccc4)nc(-c4ccc(-c5ccc(-c6ccc7c(c6)ncc6ccccc67)cc5)c5ccccc45)n3)cc2)cc1.c1ccc(-c2nc(-c3ccccc3)nc(-c3ccc(-c4ccc(-c5ccc6c(c5)ncc5ccccc56)cc4)c4ccccc34)n2)cc1. The number of nitrogens with zero attached hydrogens (tertiary/aromatic N) is 8. The minimum atomic E-state index is 0.638. The van der Waals surface area contributed by atoms with Crippen molar-refractivity contribution in [3.63, 3.8) is 0 Å². The first kappa shape index (κ1) is 60.6. The second kappa shape index (κ2) is 26.5. The van der Waals surface area contributed by atoms with Crippen LogP contribution < -0.4 is 0 Å². The Morgan fingerprint density at radius 3 is 0.765 bits per heavy atom. The van der Waals surface area contributed by atoms with Gasteiger partial charge in [-0.3, -0.25) is 9.97 Å². The molecule has 0 radical (unpaired) electrons. The lowest BCUT2D eigenvalue weighted by molar-refractivity contribution is 1.08. The molecule has 0 saturated heterocycles. The second-order valence-corrected chi connectivity index (χ2v) is 25.4. The van der Waals surface area contributed by atoms with E-state index >= 15 is 0 Å². The van der Waals surface area contributed by atoms with E-state index in [0.717, 1.165) is 127 Å². The Morgan fingerprint density at radius 2 is 0.392 bits per heavy atom. The summed E-state index contributed by atoms with van der Waals surface area (Å²) in [7, 11) is 0. The highest BCUT2D eigenvalue weighted by atomic mass is 15.0. The molecule has 102 heavy (non-hydrogen) atoms. The summed E-state index contributed by atoms with van der Waals surface area (Å²) in [4.78, 5) is 39.6. The van der Waals surface area contributed by atoms with Crippen molar-refractivity contribution in [2.75, 3.05) is 0 Å². The van der Waals surface area contributed by atoms with Gasteiger partial charge in [0.25, 0.3) is 0 Å². The summed E-state index contributed by atoms with van der Waals surface area (Å²) in [5.74, 6) is 3.88. The predicted molar refractivity (Wildman–Crippen MR) is 420 cm³/mol. The first-order valence-electron chi connectivity index (χ1n) is 34.2. The Hall–Kier alpha value is -13.8. The number of aromatic nitrogens is 8. The molecule has 0 unspecified atom stereocenters. The normalized spacial score (nSPS) is 11.3. The average molecular weight is 1300 g/mol. The highest BCUT2D eigenvalue weighted by Gasteiger charge is 2.20. The summed E-state index contributed by atoms with van der Waals surface area (Å²) in [6, 6.07) is 122. The topological polar surface area (TPSA) is 103 Å². The lowest BCUT2D eigenvalue weighted by Crippen LogP contribution is -2.00. The molecule has 8 nitrogen and oxygen atoms in total. The molecule has 4 heterocycles. The monoisotopic (exact) mass is 1300 g/mol. The first-order valence-corrected chi connectivity index (χ1v) is 34.2. The van der Waals surface area contributed by atoms with Crippen molar-refractivity contribution in [3.05, 3.63) is 364 Å². The lowest BCUT2D eigenvalue weighted by atomic mass is 9.93. The number of rotatable bonds is 11. The van der Waals surface area contributed by atoms with Crippen LogP contribution in [0.25, 0.3) is 189 Å². The Bertz CT molecular complexity index is 6270. The third-order valence-electron chi connectivity index (χ3n) is 19.2. The van der Waals surface area contributed by atoms with E-state index in [2.05, 4.69) is 255 Å². The summed E-state index contributed by atoms with van der Waals surface area (Å²) in [5, 5.41) is 11.6. The summed E-state index contributed by atoms with van der Waals surface area (Å²) in [5.41, 5.74) is 19.3. The van der Waals surface area contributed by atoms with Gasteiger partial charge in [0, 0.05) is 67.3 Å². The van der Waals surface area contributed by atoms with Crippen molar-refractivity contribution >= 4 is 64.9 Å². The van der Waals surface area contributed by atoms with Crippen LogP contribution >= 0.6 is 0 Å². The smallest absolute Gasteiger partial charge is 0.164 e. The summed E-state index contributed by atoms with van der Waals surface area (Å²) < 4.78 is 0. The molecule has 0 fully saturated rings. The fourth-order valence-electron chi connectivity index (χ4n) is 14.0. The van der Waals surface area contributed by atoms with Gasteiger partial charge < -0.3 is 0 Å². The molecule has 0 aliphatic rings. The van der Waals surface area contributed by atoms with E-state index in [0.29, 0.717) is 34.9 Å². The van der Waals surface area contributed by atoms with E-state index in [1.807, 2.05) is 109 Å². The Balaban J connectivity index is 0.000000147. The maximum Gasteiger partial charge on any atom is 0.164 e. The molecule has 19 rings (SSSR count). The van der Waals surface area contributed by atoms with Gasteiger partial charge >= 0.3 is 0 Å². The summed E-state index contributed by atoms with van der Waals surface area (Å²) in [6.45, 7) is 0. The molecule has 4 aromatic heterocycles. The van der Waals surface area contributed by atoms with Crippen LogP contribution in [0.1, 0.15) is 0 Å². The first-order chi connectivity index (χ1) is 50.5. The molecule has 0 N–H and O–H groups in total. The second-order valence-electron chi connectivity index (χ2n) is 25.4. The fourth-order valence-corrected chi connectivity index (χ4v) is 14.0. The minimum Gasteiger partial charge on any atom is -0.256 e. The van der Waals surface area contributed by atoms with Crippen LogP contribution in [0.15, 0.2) is 364 Å². The molecular weight excluding hydrogens is 1240 g/mol. The third kappa shape index (κ3) is 11.8. The molecular formula is C94H60N8. The number of hydrogen-bond acceptors (Lipinski definition) is 8. The maximum atomic E-state index is 5.11. The number of fused-ring (bicyclic) bond motifs is 8. The van der Waals surface area contributed by atoms with E-state index in [4.69, 9.17) is 39.9 Å². The zero-order valence-electron chi connectivity index (χ0n) is 55.2. The van der Waals surface area contributed by atoms with Crippen LogP contribution in [0, 0.1) is 0 Å². The molecule has 476 valence electrons. The maximum absolute atomic E-state index is 5.11. The Labute approximate surface area is 589 Å². The van der Waals surface area contributed by atoms with E-state index in [-0.39, 0.29) is 0 Å². The Morgan fingerprint density at radius 1 is 0.147 bits per heavy atom. The molecule has 0 atom stereocenters. The molecule has 0 aliphatic heterocycles. The van der Waals surface area contributed by atoms with Crippen LogP contribution in [-0.4, -0.2) is 39.9 Å². The number of hydrogen-bond donors (Lipinski definition) is 0. The highest BCUT2D eigenvalue weighted by Crippen LogP contribution is 2.40. The van der Waals surface area contributed by atoms with Crippen LogP contribution in [0.5, 0.6) is 0 Å². The molecule has 0 amide bonds. The number of benzene rings is 15. The van der Waals surface area contributed by atoms with Gasteiger partial charge in [0.2, 0.25) is 0 Å². The standard InChI is InChI=1S/C50H32N4.C44H28N4/c1-3-11-33(12-4-1)34-21-25-38(26-22-34)49-52-48(37-13-5-2-6-14-37)53-50(54-49)46-30-29-42(43-17-9-10-18-44(43)46)36-23-19-35(20-24-36)39-27-28-45-41-16-8-7-15-40(41)32-51-47(45)31-39;1-3-11-31(12-4-1)42-46-43(32-13-5-2-6-14-32)48-44(47-42)40-26-25-36(37-17-9-10-18-38(37)40)30-21-19-29(20-22-30)33-23-24-39-35-16-8-7-15-34(35)28-45-41(39)27-33/h1-32H;1-28H. The van der Waals surface area contributed by atoms with Crippen molar-refractivity contribution in [1.82, 2.24) is 39.9 Å². The fraction of sp³-hybridized carbons (Fsp3) is 0. The van der Waals surface area contributed by atoms with Crippen molar-refractivity contribution in [1.29, 1.82) is 0 Å². The largest absolute Gasteiger partial charge is 0.256 e. The van der Waals surface area contributed by atoms with Gasteiger partial charge in [-0.1, -0.05) is 328 Å². The van der Waals surface area contributed by atoms with E-state index in [1.54, 1.807) is 0 Å². The molecule has 19 aromatic rings. The van der Waals surface area contributed by atoms with Gasteiger partial charge in [-0.2, -0.15) is 0 Å². The van der Waals surface area contributed by atoms with Crippen molar-refractivity contribution in [2.45, 2.75) is 0 Å². The number of pyridine rings is 2. The van der Waals surface area contributed by atoms with Gasteiger partial charge in [-0.05, 0) is 112 Å². The van der Waals surface area contributed by atoms with Crippen LogP contribution in [0.3, 0.4) is 0 Å². The van der Waals surface area contributed by atoms with Crippen molar-refractivity contribution < 1.29 is 0 Å². The summed E-state index contributed by atoms with van der Waals surface area (Å²) >= 11 is 0. The highest BCUT2D eigenvalue weighted by molar-refractivity contribution is 6.09. The van der Waals surface area contributed by atoms with Gasteiger partial charge in [-0.25, -0.2) is 29.9 Å². The minimum absolute atomic E-state index is 0.638. The van der Waals surface area contributed by atoms with Crippen LogP contribution in [0.4, 0.5) is 0 Å². The molecule has 0 saturated carbocycles. The lowest BCUT2D eigenvalue weighted by Gasteiger charge is -2.14. The van der Waals surface area contributed by atoms with Crippen molar-refractivity contribution in [3.8, 4) is 124 Å².